The van der Waals surface area contributed by atoms with Gasteiger partial charge < -0.3 is 5.32 Å². The van der Waals surface area contributed by atoms with Crippen LogP contribution in [-0.4, -0.2) is 27.1 Å². The van der Waals surface area contributed by atoms with Gasteiger partial charge in [0.2, 0.25) is 15.9 Å². The van der Waals surface area contributed by atoms with Crippen LogP contribution in [0.15, 0.2) is 54.6 Å². The van der Waals surface area contributed by atoms with E-state index >= 15 is 0 Å². The average Bonchev–Trinajstić information content (AvgIpc) is 2.60. The van der Waals surface area contributed by atoms with E-state index in [2.05, 4.69) is 11.4 Å². The summed E-state index contributed by atoms with van der Waals surface area (Å²) in [5.41, 5.74) is 2.87. The first kappa shape index (κ1) is 17.5. The number of sulfonamides is 1. The molecule has 0 spiro atoms. The van der Waals surface area contributed by atoms with Gasteiger partial charge in [-0.2, -0.15) is 0 Å². The lowest BCUT2D eigenvalue weighted by molar-refractivity contribution is -0.120. The number of fused-ring (bicyclic) bond motifs is 1. The van der Waals surface area contributed by atoms with Gasteiger partial charge in [0.05, 0.1) is 18.0 Å². The van der Waals surface area contributed by atoms with Crippen molar-refractivity contribution in [3.8, 4) is 0 Å². The van der Waals surface area contributed by atoms with Gasteiger partial charge in [0.1, 0.15) is 6.54 Å². The van der Waals surface area contributed by atoms with E-state index < -0.39 is 10.0 Å². The highest BCUT2D eigenvalue weighted by Gasteiger charge is 2.25. The minimum absolute atomic E-state index is 0.0605. The first-order valence-electron chi connectivity index (χ1n) is 8.35. The van der Waals surface area contributed by atoms with Gasteiger partial charge in [0.15, 0.2) is 0 Å². The van der Waals surface area contributed by atoms with Crippen molar-refractivity contribution >= 4 is 21.6 Å². The van der Waals surface area contributed by atoms with E-state index in [9.17, 15) is 13.2 Å². The van der Waals surface area contributed by atoms with Gasteiger partial charge in [-0.3, -0.25) is 9.10 Å². The normalized spacial score (nSPS) is 16.8. The first-order valence-corrected chi connectivity index (χ1v) is 10.2. The minimum Gasteiger partial charge on any atom is -0.348 e. The molecule has 0 fully saturated rings. The third-order valence-electron chi connectivity index (χ3n) is 4.44. The van der Waals surface area contributed by atoms with E-state index in [1.54, 1.807) is 24.3 Å². The van der Waals surface area contributed by atoms with Gasteiger partial charge in [0.25, 0.3) is 0 Å². The summed E-state index contributed by atoms with van der Waals surface area (Å²) in [4.78, 5) is 12.5. The highest BCUT2D eigenvalue weighted by atomic mass is 32.2. The molecule has 0 aliphatic heterocycles. The molecule has 6 heteroatoms. The number of anilines is 1. The van der Waals surface area contributed by atoms with Crippen LogP contribution >= 0.6 is 0 Å². The Morgan fingerprint density at radius 3 is 2.52 bits per heavy atom. The van der Waals surface area contributed by atoms with E-state index in [0.29, 0.717) is 5.69 Å². The second-order valence-electron chi connectivity index (χ2n) is 6.32. The Kier molecular flexibility index (Phi) is 5.08. The van der Waals surface area contributed by atoms with Crippen molar-refractivity contribution in [3.05, 3.63) is 65.7 Å². The van der Waals surface area contributed by atoms with Crippen LogP contribution in [0.4, 0.5) is 5.69 Å². The molecule has 2 aromatic rings. The Balaban J connectivity index is 1.75. The summed E-state index contributed by atoms with van der Waals surface area (Å²) in [6.07, 6.45) is 4.01. The molecule has 25 heavy (non-hydrogen) atoms. The van der Waals surface area contributed by atoms with Crippen molar-refractivity contribution < 1.29 is 13.2 Å². The Morgan fingerprint density at radius 1 is 1.12 bits per heavy atom. The monoisotopic (exact) mass is 358 g/mol. The predicted octanol–water partition coefficient (Wildman–Crippen LogP) is 2.65. The molecule has 1 atom stereocenters. The van der Waals surface area contributed by atoms with Gasteiger partial charge in [0, 0.05) is 0 Å². The third kappa shape index (κ3) is 4.20. The Hall–Kier alpha value is -2.34. The standard InChI is InChI=1S/C19H22N2O3S/c1-25(23,24)21(16-10-3-2-4-11-16)14-19(22)20-18-13-7-9-15-8-5-6-12-17(15)18/h2-6,8,10-12,18H,7,9,13-14H2,1H3,(H,20,22). The first-order chi connectivity index (χ1) is 11.9. The number of rotatable bonds is 5. The highest BCUT2D eigenvalue weighted by molar-refractivity contribution is 7.92. The molecule has 1 aliphatic carbocycles. The molecular formula is C19H22N2O3S. The van der Waals surface area contributed by atoms with Gasteiger partial charge in [-0.1, -0.05) is 42.5 Å². The molecular weight excluding hydrogens is 336 g/mol. The molecule has 0 radical (unpaired) electrons. The molecule has 1 aliphatic rings. The van der Waals surface area contributed by atoms with Crippen LogP contribution in [0.2, 0.25) is 0 Å². The molecule has 5 nitrogen and oxygen atoms in total. The lowest BCUT2D eigenvalue weighted by Crippen LogP contribution is -2.42. The van der Waals surface area contributed by atoms with Crippen LogP contribution in [-0.2, 0) is 21.2 Å². The number of carbonyl (C=O) groups is 1. The van der Waals surface area contributed by atoms with Gasteiger partial charge >= 0.3 is 0 Å². The van der Waals surface area contributed by atoms with Gasteiger partial charge in [-0.25, -0.2) is 8.42 Å². The lowest BCUT2D eigenvalue weighted by atomic mass is 9.88. The summed E-state index contributed by atoms with van der Waals surface area (Å²) in [7, 11) is -3.54. The summed E-state index contributed by atoms with van der Waals surface area (Å²) in [6, 6.07) is 16.7. The van der Waals surface area contributed by atoms with Crippen molar-refractivity contribution in [1.29, 1.82) is 0 Å². The molecule has 3 rings (SSSR count). The fraction of sp³-hybridized carbons (Fsp3) is 0.316. The van der Waals surface area contributed by atoms with Crippen molar-refractivity contribution in [2.45, 2.75) is 25.3 Å². The summed E-state index contributed by atoms with van der Waals surface area (Å²) < 4.78 is 25.3. The Morgan fingerprint density at radius 2 is 1.80 bits per heavy atom. The second kappa shape index (κ2) is 7.27. The molecule has 2 aromatic carbocycles. The highest BCUT2D eigenvalue weighted by Crippen LogP contribution is 2.29. The fourth-order valence-corrected chi connectivity index (χ4v) is 4.12. The van der Waals surface area contributed by atoms with Crippen LogP contribution in [0.1, 0.15) is 30.0 Å². The number of nitrogens with one attached hydrogen (secondary N) is 1. The molecule has 1 N–H and O–H groups in total. The lowest BCUT2D eigenvalue weighted by Gasteiger charge is -2.28. The van der Waals surface area contributed by atoms with Crippen molar-refractivity contribution in [2.75, 3.05) is 17.1 Å². The summed E-state index contributed by atoms with van der Waals surface area (Å²) in [6.45, 7) is -0.221. The quantitative estimate of drug-likeness (QED) is 0.893. The maximum Gasteiger partial charge on any atom is 0.241 e. The van der Waals surface area contributed by atoms with Gasteiger partial charge in [-0.05, 0) is 42.5 Å². The Bertz CT molecular complexity index is 850. The van der Waals surface area contributed by atoms with Crippen molar-refractivity contribution in [3.63, 3.8) is 0 Å². The fourth-order valence-electron chi connectivity index (χ4n) is 3.27. The molecule has 1 unspecified atom stereocenters. The maximum atomic E-state index is 12.5. The number of amides is 1. The number of hydrogen-bond donors (Lipinski definition) is 1. The number of aryl methyl sites for hydroxylation is 1. The van der Waals surface area contributed by atoms with Crippen LogP contribution in [0.5, 0.6) is 0 Å². The Labute approximate surface area is 148 Å². The predicted molar refractivity (Wildman–Crippen MR) is 98.9 cm³/mol. The SMILES string of the molecule is CS(=O)(=O)N(CC(=O)NC1CCCc2ccccc21)c1ccccc1. The number of benzene rings is 2. The van der Waals surface area contributed by atoms with E-state index in [4.69, 9.17) is 0 Å². The molecule has 1 amide bonds. The van der Waals surface area contributed by atoms with Crippen molar-refractivity contribution in [2.24, 2.45) is 0 Å². The topological polar surface area (TPSA) is 66.5 Å². The third-order valence-corrected chi connectivity index (χ3v) is 5.58. The van der Waals surface area contributed by atoms with E-state index in [1.807, 2.05) is 24.3 Å². The molecule has 0 saturated heterocycles. The van der Waals surface area contributed by atoms with Crippen LogP contribution < -0.4 is 9.62 Å². The van der Waals surface area contributed by atoms with Crippen LogP contribution in [0.25, 0.3) is 0 Å². The largest absolute Gasteiger partial charge is 0.348 e. The minimum atomic E-state index is -3.54. The molecule has 0 heterocycles. The number of carbonyl (C=O) groups excluding carboxylic acids is 1. The number of hydrogen-bond acceptors (Lipinski definition) is 3. The zero-order valence-corrected chi connectivity index (χ0v) is 15.0. The zero-order valence-electron chi connectivity index (χ0n) is 14.2. The van der Waals surface area contributed by atoms with E-state index in [0.717, 1.165) is 35.4 Å². The van der Waals surface area contributed by atoms with Crippen molar-refractivity contribution in [1.82, 2.24) is 5.32 Å². The molecule has 0 aromatic heterocycles. The molecule has 0 saturated carbocycles. The van der Waals surface area contributed by atoms with E-state index in [1.165, 1.54) is 5.56 Å². The van der Waals surface area contributed by atoms with E-state index in [-0.39, 0.29) is 18.5 Å². The summed E-state index contributed by atoms with van der Waals surface area (Å²) in [5.74, 6) is -0.295. The van der Waals surface area contributed by atoms with Gasteiger partial charge in [-0.15, -0.1) is 0 Å². The smallest absolute Gasteiger partial charge is 0.241 e. The van der Waals surface area contributed by atoms with Crippen LogP contribution in [0.3, 0.4) is 0 Å². The number of para-hydroxylation sites is 1. The molecule has 132 valence electrons. The van der Waals surface area contributed by atoms with Crippen LogP contribution in [0, 0.1) is 0 Å². The maximum absolute atomic E-state index is 12.5. The summed E-state index contributed by atoms with van der Waals surface area (Å²) >= 11 is 0. The summed E-state index contributed by atoms with van der Waals surface area (Å²) in [5, 5.41) is 3.00. The number of nitrogens with zero attached hydrogens (tertiary/aromatic N) is 1. The zero-order chi connectivity index (χ0) is 17.9. The second-order valence-corrected chi connectivity index (χ2v) is 8.22. The molecule has 0 bridgehead atoms. The average molecular weight is 358 g/mol.